The second-order valence-corrected chi connectivity index (χ2v) is 5.70. The van der Waals surface area contributed by atoms with Gasteiger partial charge < -0.3 is 15.5 Å². The molecule has 4 heteroatoms. The van der Waals surface area contributed by atoms with Gasteiger partial charge in [-0.15, -0.1) is 0 Å². The summed E-state index contributed by atoms with van der Waals surface area (Å²) < 4.78 is 0. The highest BCUT2D eigenvalue weighted by Crippen LogP contribution is 2.19. The second-order valence-electron chi connectivity index (χ2n) is 5.70. The Morgan fingerprint density at radius 1 is 1.16 bits per heavy atom. The summed E-state index contributed by atoms with van der Waals surface area (Å²) in [4.78, 5) is 9.16. The first-order valence-electron chi connectivity index (χ1n) is 7.00. The molecule has 0 aliphatic carbocycles. The zero-order chi connectivity index (χ0) is 14.4. The maximum Gasteiger partial charge on any atom is 0.128 e. The van der Waals surface area contributed by atoms with E-state index in [1.807, 2.05) is 0 Å². The molecule has 0 radical (unpaired) electrons. The molecule has 0 amide bonds. The number of hydrogen-bond acceptors (Lipinski definition) is 4. The van der Waals surface area contributed by atoms with Crippen LogP contribution < -0.4 is 10.6 Å². The van der Waals surface area contributed by atoms with Crippen molar-refractivity contribution in [2.24, 2.45) is 5.73 Å². The first-order chi connectivity index (χ1) is 8.93. The largest absolute Gasteiger partial charge is 0.360 e. The van der Waals surface area contributed by atoms with E-state index < -0.39 is 0 Å². The highest BCUT2D eigenvalue weighted by molar-refractivity contribution is 5.42. The molecule has 0 fully saturated rings. The fourth-order valence-electron chi connectivity index (χ4n) is 1.94. The number of hydrogen-bond donors (Lipinski definition) is 1. The predicted molar refractivity (Wildman–Crippen MR) is 82.7 cm³/mol. The number of anilines is 1. The molecule has 0 spiro atoms. The van der Waals surface area contributed by atoms with Gasteiger partial charge in [0.05, 0.1) is 0 Å². The van der Waals surface area contributed by atoms with Crippen LogP contribution in [-0.2, 0) is 6.54 Å². The van der Waals surface area contributed by atoms with Gasteiger partial charge >= 0.3 is 0 Å². The third-order valence-electron chi connectivity index (χ3n) is 3.21. The average Bonchev–Trinajstić information content (AvgIpc) is 2.37. The van der Waals surface area contributed by atoms with Crippen LogP contribution in [0.1, 0.15) is 37.4 Å². The minimum Gasteiger partial charge on any atom is -0.360 e. The van der Waals surface area contributed by atoms with Crippen LogP contribution >= 0.6 is 0 Å². The number of aromatic nitrogens is 1. The lowest BCUT2D eigenvalue weighted by Gasteiger charge is -2.21. The van der Waals surface area contributed by atoms with Crippen molar-refractivity contribution in [1.29, 1.82) is 0 Å². The SMILES string of the molecule is CC(C)c1cc(CN)cc(N(C)CCCN(C)C)n1. The lowest BCUT2D eigenvalue weighted by molar-refractivity contribution is 0.401. The van der Waals surface area contributed by atoms with Gasteiger partial charge in [0.2, 0.25) is 0 Å². The van der Waals surface area contributed by atoms with Crippen molar-refractivity contribution < 1.29 is 0 Å². The summed E-state index contributed by atoms with van der Waals surface area (Å²) >= 11 is 0. The minimum atomic E-state index is 0.431. The molecule has 0 atom stereocenters. The number of rotatable bonds is 7. The number of nitrogens with two attached hydrogens (primary N) is 1. The number of pyridine rings is 1. The van der Waals surface area contributed by atoms with Gasteiger partial charge in [-0.25, -0.2) is 4.98 Å². The molecule has 108 valence electrons. The molecule has 0 bridgehead atoms. The Hall–Kier alpha value is -1.13. The maximum atomic E-state index is 5.77. The molecule has 1 heterocycles. The van der Waals surface area contributed by atoms with Crippen LogP contribution in [-0.4, -0.2) is 44.1 Å². The van der Waals surface area contributed by atoms with Crippen molar-refractivity contribution in [3.8, 4) is 0 Å². The molecule has 0 unspecified atom stereocenters. The van der Waals surface area contributed by atoms with Crippen LogP contribution in [0.15, 0.2) is 12.1 Å². The molecule has 0 saturated carbocycles. The monoisotopic (exact) mass is 264 g/mol. The summed E-state index contributed by atoms with van der Waals surface area (Å²) in [6.45, 7) is 7.01. The van der Waals surface area contributed by atoms with Crippen LogP contribution in [0.5, 0.6) is 0 Å². The van der Waals surface area contributed by atoms with Crippen molar-refractivity contribution in [2.45, 2.75) is 32.7 Å². The van der Waals surface area contributed by atoms with Crippen molar-refractivity contribution >= 4 is 5.82 Å². The van der Waals surface area contributed by atoms with Gasteiger partial charge in [-0.2, -0.15) is 0 Å². The van der Waals surface area contributed by atoms with Gasteiger partial charge in [0.1, 0.15) is 5.82 Å². The molecule has 0 aliphatic heterocycles. The summed E-state index contributed by atoms with van der Waals surface area (Å²) in [5.74, 6) is 1.46. The molecule has 1 aromatic heterocycles. The molecular weight excluding hydrogens is 236 g/mol. The van der Waals surface area contributed by atoms with Gasteiger partial charge in [0.25, 0.3) is 0 Å². The quantitative estimate of drug-likeness (QED) is 0.819. The lowest BCUT2D eigenvalue weighted by atomic mass is 10.1. The van der Waals surface area contributed by atoms with E-state index in [2.05, 4.69) is 56.9 Å². The molecule has 19 heavy (non-hydrogen) atoms. The van der Waals surface area contributed by atoms with E-state index in [1.165, 1.54) is 0 Å². The van der Waals surface area contributed by atoms with Crippen LogP contribution in [0.4, 0.5) is 5.82 Å². The second kappa shape index (κ2) is 7.46. The van der Waals surface area contributed by atoms with Gasteiger partial charge in [0.15, 0.2) is 0 Å². The zero-order valence-electron chi connectivity index (χ0n) is 13.0. The highest BCUT2D eigenvalue weighted by Gasteiger charge is 2.09. The smallest absolute Gasteiger partial charge is 0.128 e. The summed E-state index contributed by atoms with van der Waals surface area (Å²) in [6.07, 6.45) is 1.13. The topological polar surface area (TPSA) is 45.4 Å². The fourth-order valence-corrected chi connectivity index (χ4v) is 1.94. The Bertz CT molecular complexity index is 388. The van der Waals surface area contributed by atoms with Crippen molar-refractivity contribution in [3.05, 3.63) is 23.4 Å². The number of nitrogens with zero attached hydrogens (tertiary/aromatic N) is 3. The molecule has 2 N–H and O–H groups in total. The Kier molecular flexibility index (Phi) is 6.25. The van der Waals surface area contributed by atoms with Crippen LogP contribution in [0.3, 0.4) is 0 Å². The standard InChI is InChI=1S/C15H28N4/c1-12(2)14-9-13(11-16)10-15(17-14)19(5)8-6-7-18(3)4/h9-10,12H,6-8,11,16H2,1-5H3. The summed E-state index contributed by atoms with van der Waals surface area (Å²) in [5.41, 5.74) is 8.06. The Morgan fingerprint density at radius 3 is 2.37 bits per heavy atom. The van der Waals surface area contributed by atoms with Crippen LogP contribution in [0.25, 0.3) is 0 Å². The summed E-state index contributed by atoms with van der Waals surface area (Å²) in [7, 11) is 6.30. The summed E-state index contributed by atoms with van der Waals surface area (Å²) in [6, 6.07) is 4.21. The van der Waals surface area contributed by atoms with Crippen LogP contribution in [0.2, 0.25) is 0 Å². The van der Waals surface area contributed by atoms with E-state index in [0.717, 1.165) is 36.6 Å². The molecule has 1 aromatic rings. The molecule has 0 saturated heterocycles. The molecular formula is C15H28N4. The summed E-state index contributed by atoms with van der Waals surface area (Å²) in [5, 5.41) is 0. The molecule has 1 rings (SSSR count). The Morgan fingerprint density at radius 2 is 1.84 bits per heavy atom. The van der Waals surface area contributed by atoms with Crippen molar-refractivity contribution in [1.82, 2.24) is 9.88 Å². The van der Waals surface area contributed by atoms with E-state index in [0.29, 0.717) is 12.5 Å². The van der Waals surface area contributed by atoms with E-state index in [-0.39, 0.29) is 0 Å². The van der Waals surface area contributed by atoms with Gasteiger partial charge in [0, 0.05) is 25.8 Å². The van der Waals surface area contributed by atoms with E-state index in [1.54, 1.807) is 0 Å². The molecule has 4 nitrogen and oxygen atoms in total. The van der Waals surface area contributed by atoms with E-state index in [9.17, 15) is 0 Å². The first-order valence-corrected chi connectivity index (χ1v) is 7.00. The van der Waals surface area contributed by atoms with Crippen molar-refractivity contribution in [2.75, 3.05) is 39.1 Å². The molecule has 0 aromatic carbocycles. The first kappa shape index (κ1) is 15.9. The average molecular weight is 264 g/mol. The Labute approximate surface area is 117 Å². The maximum absolute atomic E-state index is 5.77. The zero-order valence-corrected chi connectivity index (χ0v) is 13.0. The predicted octanol–water partition coefficient (Wildman–Crippen LogP) is 2.05. The van der Waals surface area contributed by atoms with Gasteiger partial charge in [-0.3, -0.25) is 0 Å². The third kappa shape index (κ3) is 5.17. The lowest BCUT2D eigenvalue weighted by Crippen LogP contribution is -2.24. The molecule has 0 aliphatic rings. The van der Waals surface area contributed by atoms with E-state index in [4.69, 9.17) is 10.7 Å². The normalized spacial score (nSPS) is 11.4. The van der Waals surface area contributed by atoms with Crippen LogP contribution in [0, 0.1) is 0 Å². The minimum absolute atomic E-state index is 0.431. The van der Waals surface area contributed by atoms with Gasteiger partial charge in [-0.05, 0) is 50.7 Å². The van der Waals surface area contributed by atoms with Crippen molar-refractivity contribution in [3.63, 3.8) is 0 Å². The highest BCUT2D eigenvalue weighted by atomic mass is 15.2. The fraction of sp³-hybridized carbons (Fsp3) is 0.667. The van der Waals surface area contributed by atoms with Gasteiger partial charge in [-0.1, -0.05) is 13.8 Å². The van der Waals surface area contributed by atoms with E-state index >= 15 is 0 Å². The Balaban J connectivity index is 2.77. The third-order valence-corrected chi connectivity index (χ3v) is 3.21.